The van der Waals surface area contributed by atoms with Gasteiger partial charge in [-0.1, -0.05) is 12.1 Å². The fourth-order valence-corrected chi connectivity index (χ4v) is 4.24. The third kappa shape index (κ3) is 2.51. The van der Waals surface area contributed by atoms with Crippen molar-refractivity contribution >= 4 is 11.8 Å². The summed E-state index contributed by atoms with van der Waals surface area (Å²) in [5.74, 6) is 0.264. The predicted molar refractivity (Wildman–Crippen MR) is 92.4 cm³/mol. The van der Waals surface area contributed by atoms with E-state index in [0.717, 1.165) is 17.8 Å². The van der Waals surface area contributed by atoms with Crippen LogP contribution in [0.2, 0.25) is 0 Å². The smallest absolute Gasteiger partial charge is 0.292 e. The number of hydrogen-bond acceptors (Lipinski definition) is 5. The Bertz CT molecular complexity index is 832. The van der Waals surface area contributed by atoms with Crippen molar-refractivity contribution in [3.05, 3.63) is 35.2 Å². The summed E-state index contributed by atoms with van der Waals surface area (Å²) in [7, 11) is 0. The highest BCUT2D eigenvalue weighted by molar-refractivity contribution is 5.91. The molecule has 0 bridgehead atoms. The van der Waals surface area contributed by atoms with Crippen LogP contribution in [0.4, 0.5) is 0 Å². The highest BCUT2D eigenvalue weighted by Crippen LogP contribution is 2.42. The van der Waals surface area contributed by atoms with Gasteiger partial charge in [0.25, 0.3) is 5.91 Å². The molecular formula is C18H23N5O3. The standard InChI is InChI=1S/C18H23N5O3/c1-3-15(24)23-7-4-13-16(20-11-19-13)18(23)5-8-22(9-6-18)17(25)14-10-12(2)21-26-14/h10-11H,3-9H2,1-2H3,(H,19,20). The Morgan fingerprint density at radius 2 is 2.08 bits per heavy atom. The van der Waals surface area contributed by atoms with E-state index in [4.69, 9.17) is 4.52 Å². The second kappa shape index (κ2) is 6.26. The number of carbonyl (C=O) groups is 2. The first-order valence-electron chi connectivity index (χ1n) is 9.11. The van der Waals surface area contributed by atoms with E-state index in [-0.39, 0.29) is 17.6 Å². The van der Waals surface area contributed by atoms with E-state index in [2.05, 4.69) is 15.1 Å². The van der Waals surface area contributed by atoms with E-state index in [0.29, 0.717) is 44.6 Å². The zero-order valence-corrected chi connectivity index (χ0v) is 15.1. The van der Waals surface area contributed by atoms with E-state index in [1.165, 1.54) is 0 Å². The molecule has 1 N–H and O–H groups in total. The monoisotopic (exact) mass is 357 g/mol. The number of aryl methyl sites for hydroxylation is 1. The fourth-order valence-electron chi connectivity index (χ4n) is 4.24. The molecule has 4 heterocycles. The number of rotatable bonds is 2. The molecule has 0 radical (unpaired) electrons. The van der Waals surface area contributed by atoms with Crippen LogP contribution in [0.15, 0.2) is 16.9 Å². The third-order valence-electron chi connectivity index (χ3n) is 5.58. The number of amides is 2. The van der Waals surface area contributed by atoms with Gasteiger partial charge in [-0.15, -0.1) is 0 Å². The molecule has 8 heteroatoms. The maximum absolute atomic E-state index is 12.6. The molecule has 2 aliphatic rings. The minimum absolute atomic E-state index is 0.143. The number of fused-ring (bicyclic) bond motifs is 2. The van der Waals surface area contributed by atoms with Crippen molar-refractivity contribution in [2.75, 3.05) is 19.6 Å². The molecule has 0 unspecified atom stereocenters. The summed E-state index contributed by atoms with van der Waals surface area (Å²) in [6.07, 6.45) is 4.33. The van der Waals surface area contributed by atoms with Gasteiger partial charge in [0.15, 0.2) is 0 Å². The van der Waals surface area contributed by atoms with Crippen LogP contribution in [0.3, 0.4) is 0 Å². The Hall–Kier alpha value is -2.64. The second-order valence-electron chi connectivity index (χ2n) is 7.03. The van der Waals surface area contributed by atoms with Gasteiger partial charge in [0.05, 0.1) is 23.3 Å². The van der Waals surface area contributed by atoms with Crippen LogP contribution in [0.25, 0.3) is 0 Å². The summed E-state index contributed by atoms with van der Waals surface area (Å²) < 4.78 is 5.11. The molecule has 2 amide bonds. The minimum Gasteiger partial charge on any atom is -0.351 e. The quantitative estimate of drug-likeness (QED) is 0.881. The maximum atomic E-state index is 12.6. The van der Waals surface area contributed by atoms with Gasteiger partial charge in [-0.3, -0.25) is 9.59 Å². The van der Waals surface area contributed by atoms with Crippen molar-refractivity contribution < 1.29 is 14.1 Å². The average Bonchev–Trinajstić information content (AvgIpc) is 3.31. The number of piperidine rings is 1. The minimum atomic E-state index is -0.422. The molecule has 8 nitrogen and oxygen atoms in total. The zero-order chi connectivity index (χ0) is 18.3. The number of carbonyl (C=O) groups excluding carboxylic acids is 2. The SMILES string of the molecule is CCC(=O)N1CCc2[nH]cnc2C12CCN(C(=O)c1cc(C)no1)CC2. The molecule has 4 rings (SSSR count). The fraction of sp³-hybridized carbons (Fsp3) is 0.556. The lowest BCUT2D eigenvalue weighted by molar-refractivity contribution is -0.141. The number of H-pyrrole nitrogens is 1. The van der Waals surface area contributed by atoms with Gasteiger partial charge in [0, 0.05) is 44.2 Å². The van der Waals surface area contributed by atoms with Crippen LogP contribution in [0.1, 0.15) is 53.8 Å². The topological polar surface area (TPSA) is 95.3 Å². The number of nitrogens with zero attached hydrogens (tertiary/aromatic N) is 4. The number of nitrogens with one attached hydrogen (secondary N) is 1. The molecule has 2 aromatic rings. The van der Waals surface area contributed by atoms with Crippen molar-refractivity contribution in [2.24, 2.45) is 0 Å². The van der Waals surface area contributed by atoms with Gasteiger partial charge >= 0.3 is 0 Å². The summed E-state index contributed by atoms with van der Waals surface area (Å²) in [5.41, 5.74) is 2.34. The van der Waals surface area contributed by atoms with E-state index in [9.17, 15) is 9.59 Å². The van der Waals surface area contributed by atoms with Gasteiger partial charge in [-0.25, -0.2) is 4.98 Å². The van der Waals surface area contributed by atoms with Crippen molar-refractivity contribution in [3.8, 4) is 0 Å². The molecule has 1 fully saturated rings. The highest BCUT2D eigenvalue weighted by Gasteiger charge is 2.48. The number of aromatic amines is 1. The molecular weight excluding hydrogens is 334 g/mol. The molecule has 2 aromatic heterocycles. The maximum Gasteiger partial charge on any atom is 0.292 e. The molecule has 1 saturated heterocycles. The van der Waals surface area contributed by atoms with E-state index in [1.54, 1.807) is 24.2 Å². The lowest BCUT2D eigenvalue weighted by atomic mass is 9.78. The summed E-state index contributed by atoms with van der Waals surface area (Å²) in [6.45, 7) is 5.48. The van der Waals surface area contributed by atoms with Crippen LogP contribution in [-0.2, 0) is 16.8 Å². The van der Waals surface area contributed by atoms with Gasteiger partial charge < -0.3 is 19.3 Å². The molecule has 1 spiro atoms. The van der Waals surface area contributed by atoms with Gasteiger partial charge in [0.1, 0.15) is 0 Å². The number of aromatic nitrogens is 3. The van der Waals surface area contributed by atoms with E-state index in [1.807, 2.05) is 11.8 Å². The van der Waals surface area contributed by atoms with Crippen LogP contribution in [0.5, 0.6) is 0 Å². The first kappa shape index (κ1) is 16.8. The van der Waals surface area contributed by atoms with Crippen LogP contribution >= 0.6 is 0 Å². The lowest BCUT2D eigenvalue weighted by Gasteiger charge is -2.50. The van der Waals surface area contributed by atoms with Crippen molar-refractivity contribution in [1.82, 2.24) is 24.9 Å². The van der Waals surface area contributed by atoms with Crippen molar-refractivity contribution in [3.63, 3.8) is 0 Å². The second-order valence-corrected chi connectivity index (χ2v) is 7.03. The van der Waals surface area contributed by atoms with Crippen molar-refractivity contribution in [1.29, 1.82) is 0 Å². The summed E-state index contributed by atoms with van der Waals surface area (Å²) in [6, 6.07) is 1.66. The van der Waals surface area contributed by atoms with Gasteiger partial charge in [-0.2, -0.15) is 0 Å². The molecule has 138 valence electrons. The lowest BCUT2D eigenvalue weighted by Crippen LogP contribution is -2.58. The molecule has 2 aliphatic heterocycles. The molecule has 0 aliphatic carbocycles. The summed E-state index contributed by atoms with van der Waals surface area (Å²) >= 11 is 0. The Kier molecular flexibility index (Phi) is 4.05. The van der Waals surface area contributed by atoms with Crippen LogP contribution in [-0.4, -0.2) is 56.4 Å². The molecule has 26 heavy (non-hydrogen) atoms. The predicted octanol–water partition coefficient (Wildman–Crippen LogP) is 1.63. The van der Waals surface area contributed by atoms with E-state index >= 15 is 0 Å². The summed E-state index contributed by atoms with van der Waals surface area (Å²) in [4.78, 5) is 36.8. The third-order valence-corrected chi connectivity index (χ3v) is 5.58. The Labute approximate surface area is 151 Å². The molecule has 0 aromatic carbocycles. The van der Waals surface area contributed by atoms with Crippen molar-refractivity contribution in [2.45, 2.75) is 45.1 Å². The first-order valence-corrected chi connectivity index (χ1v) is 9.11. The molecule has 0 atom stereocenters. The Morgan fingerprint density at radius 3 is 2.73 bits per heavy atom. The van der Waals surface area contributed by atoms with Crippen LogP contribution in [0, 0.1) is 6.92 Å². The molecule has 0 saturated carbocycles. The first-order chi connectivity index (χ1) is 12.5. The normalized spacial score (nSPS) is 18.8. The van der Waals surface area contributed by atoms with Crippen LogP contribution < -0.4 is 0 Å². The highest BCUT2D eigenvalue weighted by atomic mass is 16.5. The van der Waals surface area contributed by atoms with Gasteiger partial charge in [0.2, 0.25) is 11.7 Å². The largest absolute Gasteiger partial charge is 0.351 e. The Balaban J connectivity index is 1.59. The number of hydrogen-bond donors (Lipinski definition) is 1. The average molecular weight is 357 g/mol. The Morgan fingerprint density at radius 1 is 1.31 bits per heavy atom. The number of likely N-dealkylation sites (tertiary alicyclic amines) is 1. The summed E-state index contributed by atoms with van der Waals surface area (Å²) in [5, 5.41) is 3.80. The van der Waals surface area contributed by atoms with E-state index < -0.39 is 5.54 Å². The zero-order valence-electron chi connectivity index (χ0n) is 15.1. The van der Waals surface area contributed by atoms with Gasteiger partial charge in [-0.05, 0) is 19.8 Å². The number of imidazole rings is 1.